The van der Waals surface area contributed by atoms with Gasteiger partial charge in [0, 0.05) is 17.1 Å². The first-order valence-corrected chi connectivity index (χ1v) is 10.8. The number of rotatable bonds is 4. The summed E-state index contributed by atoms with van der Waals surface area (Å²) in [5.74, 6) is 0. The summed E-state index contributed by atoms with van der Waals surface area (Å²) in [7, 11) is 1.60. The van der Waals surface area contributed by atoms with Gasteiger partial charge < -0.3 is 29.6 Å². The van der Waals surface area contributed by atoms with Crippen molar-refractivity contribution in [1.82, 2.24) is 0 Å². The molecule has 4 rings (SSSR count). The van der Waals surface area contributed by atoms with E-state index in [1.807, 2.05) is 0 Å². The summed E-state index contributed by atoms with van der Waals surface area (Å²) in [6.45, 7) is 4.34. The quantitative estimate of drug-likeness (QED) is 0.251. The molecule has 0 N–H and O–H groups in total. The van der Waals surface area contributed by atoms with Crippen LogP contribution in [0.25, 0.3) is 0 Å². The number of benzene rings is 2. The van der Waals surface area contributed by atoms with E-state index in [1.54, 1.807) is 0 Å². The van der Waals surface area contributed by atoms with Gasteiger partial charge >= 0.3 is 0 Å². The molecular weight excluding hydrogens is 406 g/mol. The van der Waals surface area contributed by atoms with E-state index in [9.17, 15) is 0 Å². The molecule has 0 aliphatic heterocycles. The summed E-state index contributed by atoms with van der Waals surface area (Å²) in [5, 5.41) is 5.76. The van der Waals surface area contributed by atoms with Gasteiger partial charge in [0.05, 0.1) is 0 Å². The third-order valence-corrected chi connectivity index (χ3v) is 7.08. The fraction of sp³-hybridized carbons (Fsp3) is 0.0833. The van der Waals surface area contributed by atoms with Crippen LogP contribution in [0.2, 0.25) is 0 Å². The first-order valence-electron chi connectivity index (χ1n) is 8.81. The molecule has 2 unspecified atom stereocenters. The van der Waals surface area contributed by atoms with E-state index in [2.05, 4.69) is 111 Å². The van der Waals surface area contributed by atoms with Crippen molar-refractivity contribution in [2.24, 2.45) is 0 Å². The molecule has 0 bridgehead atoms. The van der Waals surface area contributed by atoms with Gasteiger partial charge in [-0.3, -0.25) is 8.58 Å². The predicted molar refractivity (Wildman–Crippen MR) is 122 cm³/mol. The second-order valence-corrected chi connectivity index (χ2v) is 8.96. The Balaban J connectivity index is 0.000000187. The first kappa shape index (κ1) is 21.8. The van der Waals surface area contributed by atoms with Crippen molar-refractivity contribution in [1.29, 1.82) is 0 Å². The van der Waals surface area contributed by atoms with Gasteiger partial charge in [-0.2, -0.15) is 12.1 Å². The second-order valence-electron chi connectivity index (χ2n) is 6.23. The molecule has 0 heterocycles. The Morgan fingerprint density at radius 1 is 0.667 bits per heavy atom. The molecule has 0 saturated heterocycles. The van der Waals surface area contributed by atoms with Gasteiger partial charge in [-0.15, -0.1) is 13.9 Å². The number of hydrogen-bond donors (Lipinski definition) is 0. The maximum atomic E-state index is 2.21. The molecule has 0 aliphatic rings. The smallest absolute Gasteiger partial charge is 0 e. The minimum atomic E-state index is 0. The van der Waals surface area contributed by atoms with Crippen LogP contribution in [0.15, 0.2) is 97.1 Å². The SMILES string of the molecule is Cc1ccccc1P[c-]1[cH-][cH-][cH-][cH-]1.Cc1ccccc1P[c-]1cccc1.[Fe]. The van der Waals surface area contributed by atoms with E-state index >= 15 is 0 Å². The summed E-state index contributed by atoms with van der Waals surface area (Å²) in [6, 6.07) is 34.3. The van der Waals surface area contributed by atoms with Crippen molar-refractivity contribution in [3.63, 3.8) is 0 Å². The Hall–Kier alpha value is -1.48. The van der Waals surface area contributed by atoms with Crippen LogP contribution in [-0.2, 0) is 17.1 Å². The summed E-state index contributed by atoms with van der Waals surface area (Å²) in [5.41, 5.74) is 2.78. The van der Waals surface area contributed by atoms with Gasteiger partial charge in [-0.1, -0.05) is 53.8 Å². The molecule has 27 heavy (non-hydrogen) atoms. The van der Waals surface area contributed by atoms with Gasteiger partial charge in [0.15, 0.2) is 0 Å². The average molecular weight is 430 g/mol. The van der Waals surface area contributed by atoms with Crippen molar-refractivity contribution in [2.45, 2.75) is 13.8 Å². The third-order valence-electron chi connectivity index (χ3n) is 4.17. The zero-order valence-electron chi connectivity index (χ0n) is 15.6. The number of aryl methyl sites for hydroxylation is 2. The van der Waals surface area contributed by atoms with Gasteiger partial charge in [0.25, 0.3) is 0 Å². The molecule has 4 aromatic rings. The summed E-state index contributed by atoms with van der Waals surface area (Å²) in [6.07, 6.45) is 0. The Morgan fingerprint density at radius 2 is 1.15 bits per heavy atom. The van der Waals surface area contributed by atoms with Crippen molar-refractivity contribution in [3.8, 4) is 0 Å². The molecule has 4 aromatic carbocycles. The fourth-order valence-corrected chi connectivity index (χ4v) is 4.91. The second kappa shape index (κ2) is 11.4. The van der Waals surface area contributed by atoms with E-state index in [1.165, 1.54) is 32.3 Å². The molecule has 2 atom stereocenters. The molecule has 3 heteroatoms. The van der Waals surface area contributed by atoms with E-state index in [4.69, 9.17) is 0 Å². The molecule has 0 aliphatic carbocycles. The molecule has 0 aromatic heterocycles. The minimum Gasteiger partial charge on any atom is -0.747 e. The zero-order chi connectivity index (χ0) is 18.2. The van der Waals surface area contributed by atoms with Crippen molar-refractivity contribution < 1.29 is 17.1 Å². The van der Waals surface area contributed by atoms with Crippen LogP contribution in [0, 0.1) is 13.8 Å². The molecule has 0 fully saturated rings. The van der Waals surface area contributed by atoms with Crippen LogP contribution < -0.4 is 21.2 Å². The van der Waals surface area contributed by atoms with Gasteiger partial charge in [0.2, 0.25) is 0 Å². The van der Waals surface area contributed by atoms with Crippen LogP contribution in [-0.4, -0.2) is 0 Å². The largest absolute Gasteiger partial charge is 0.747 e. The normalized spacial score (nSPS) is 10.7. The van der Waals surface area contributed by atoms with Gasteiger partial charge in [-0.05, 0) is 30.3 Å². The molecule has 0 saturated carbocycles. The average Bonchev–Trinajstić information content (AvgIpc) is 3.34. The van der Waals surface area contributed by atoms with Crippen LogP contribution in [0.5, 0.6) is 0 Å². The van der Waals surface area contributed by atoms with E-state index in [0.29, 0.717) is 0 Å². The van der Waals surface area contributed by atoms with Crippen LogP contribution >= 0.6 is 17.2 Å². The number of hydrogen-bond acceptors (Lipinski definition) is 0. The first-order chi connectivity index (χ1) is 12.7. The maximum absolute atomic E-state index is 2.21. The van der Waals surface area contributed by atoms with Crippen LogP contribution in [0.4, 0.5) is 0 Å². The zero-order valence-corrected chi connectivity index (χ0v) is 18.7. The Kier molecular flexibility index (Phi) is 9.20. The summed E-state index contributed by atoms with van der Waals surface area (Å²) >= 11 is 0. The third kappa shape index (κ3) is 6.88. The van der Waals surface area contributed by atoms with E-state index in [-0.39, 0.29) is 17.1 Å². The molecule has 144 valence electrons. The monoisotopic (exact) mass is 430 g/mol. The van der Waals surface area contributed by atoms with Gasteiger partial charge in [0.1, 0.15) is 0 Å². The Bertz CT molecular complexity index is 831. The fourth-order valence-electron chi connectivity index (χ4n) is 2.65. The molecule has 0 radical (unpaired) electrons. The molecule has 0 nitrogen and oxygen atoms in total. The van der Waals surface area contributed by atoms with Crippen molar-refractivity contribution in [3.05, 3.63) is 108 Å². The van der Waals surface area contributed by atoms with Crippen molar-refractivity contribution in [2.75, 3.05) is 0 Å². The van der Waals surface area contributed by atoms with Crippen LogP contribution in [0.3, 0.4) is 0 Å². The van der Waals surface area contributed by atoms with E-state index < -0.39 is 0 Å². The van der Waals surface area contributed by atoms with Gasteiger partial charge in [-0.25, -0.2) is 12.1 Å². The van der Waals surface area contributed by atoms with Crippen LogP contribution in [0.1, 0.15) is 11.1 Å². The topological polar surface area (TPSA) is 0 Å². The Labute approximate surface area is 177 Å². The minimum absolute atomic E-state index is 0. The standard InChI is InChI=1S/2C12H12P.Fe/c2*1-10-6-2-5-9-12(10)13-11-7-3-4-8-11;/h2*2-9,13H,1H3;/q-5;-1;. The van der Waals surface area contributed by atoms with E-state index in [0.717, 1.165) is 17.2 Å². The molecule has 0 amide bonds. The summed E-state index contributed by atoms with van der Waals surface area (Å²) < 4.78 is 0. The molecule has 0 spiro atoms. The maximum Gasteiger partial charge on any atom is 0 e. The predicted octanol–water partition coefficient (Wildman–Crippen LogP) is 4.68. The molecular formula is C24H24FeP2-6. The summed E-state index contributed by atoms with van der Waals surface area (Å²) in [4.78, 5) is 0. The Morgan fingerprint density at radius 3 is 1.67 bits per heavy atom. The van der Waals surface area contributed by atoms with Crippen molar-refractivity contribution >= 4 is 38.4 Å².